The summed E-state index contributed by atoms with van der Waals surface area (Å²) in [5.74, 6) is -1.92. The van der Waals surface area contributed by atoms with Gasteiger partial charge in [0.1, 0.15) is 0 Å². The maximum absolute atomic E-state index is 10.2. The van der Waals surface area contributed by atoms with Gasteiger partial charge in [-0.1, -0.05) is 48.5 Å². The van der Waals surface area contributed by atoms with Crippen molar-refractivity contribution in [1.82, 2.24) is 5.32 Å². The fourth-order valence-electron chi connectivity index (χ4n) is 2.96. The van der Waals surface area contributed by atoms with Crippen LogP contribution in [0.1, 0.15) is 47.1 Å². The lowest BCUT2D eigenvalue weighted by Crippen LogP contribution is -2.35. The van der Waals surface area contributed by atoms with Gasteiger partial charge in [0.25, 0.3) is 0 Å². The van der Waals surface area contributed by atoms with Crippen LogP contribution in [0.4, 0.5) is 0 Å². The van der Waals surface area contributed by atoms with Crippen molar-refractivity contribution in [2.75, 3.05) is 0 Å². The molecule has 0 spiro atoms. The van der Waals surface area contributed by atoms with Gasteiger partial charge in [-0.05, 0) is 79.6 Å². The lowest BCUT2D eigenvalue weighted by molar-refractivity contribution is 0.0686. The van der Waals surface area contributed by atoms with Crippen molar-refractivity contribution in [3.05, 3.63) is 108 Å². The van der Waals surface area contributed by atoms with Gasteiger partial charge in [0, 0.05) is 12.1 Å². The quantitative estimate of drug-likeness (QED) is 0.197. The van der Waals surface area contributed by atoms with Crippen LogP contribution in [-0.4, -0.2) is 37.9 Å². The number of nitrogens with one attached hydrogen (secondary N) is 1. The average Bonchev–Trinajstić information content (AvgIpc) is 2.85. The Morgan fingerprint density at radius 1 is 0.676 bits per heavy atom. The van der Waals surface area contributed by atoms with Crippen LogP contribution in [-0.2, 0) is 6.54 Å². The fourth-order valence-corrected chi connectivity index (χ4v) is 2.96. The third-order valence-corrected chi connectivity index (χ3v) is 4.86. The average molecular weight is 526 g/mol. The number of aromatic hydroxyl groups is 2. The smallest absolute Gasteiger partial charge is 0.335 e. The van der Waals surface area contributed by atoms with Gasteiger partial charge in [-0.25, -0.2) is 9.59 Å². The number of carboxylic acids is 2. The number of aromatic carboxylic acids is 2. The van der Waals surface area contributed by atoms with Crippen molar-refractivity contribution in [2.45, 2.75) is 32.9 Å². The van der Waals surface area contributed by atoms with E-state index >= 15 is 0 Å². The number of phenols is 2. The molecular weight excluding hydrogens is 494 g/mol. The Kier molecular flexibility index (Phi) is 12.1. The molecule has 0 radical (unpaired) electrons. The van der Waals surface area contributed by atoms with Gasteiger partial charge in [0.2, 0.25) is 0 Å². The minimum Gasteiger partial charge on any atom is -0.504 e. The van der Waals surface area contributed by atoms with E-state index in [1.807, 2.05) is 18.2 Å². The second-order valence-corrected chi connectivity index (χ2v) is 8.97. The zero-order valence-electron chi connectivity index (χ0n) is 20.9. The van der Waals surface area contributed by atoms with Crippen molar-refractivity contribution in [2.24, 2.45) is 0 Å². The van der Waals surface area contributed by atoms with Crippen LogP contribution < -0.4 is 5.32 Å². The Morgan fingerprint density at radius 2 is 1.11 bits per heavy atom. The van der Waals surface area contributed by atoms with E-state index in [0.29, 0.717) is 11.1 Å². The van der Waals surface area contributed by atoms with E-state index in [1.165, 1.54) is 0 Å². The number of carbonyl (C=O) groups is 2. The SMILES string of the molecule is CC(C)(C)NCc1ccc2cc(O)c(O)cc2c1.Cl.O=C(O)c1ccccc1.O=C(O)c1ccccc1. The highest BCUT2D eigenvalue weighted by Gasteiger charge is 2.09. The van der Waals surface area contributed by atoms with Gasteiger partial charge in [0.05, 0.1) is 11.1 Å². The normalized spacial score (nSPS) is 10.1. The molecule has 4 rings (SSSR count). The van der Waals surface area contributed by atoms with Crippen molar-refractivity contribution < 1.29 is 30.0 Å². The van der Waals surface area contributed by atoms with E-state index < -0.39 is 11.9 Å². The van der Waals surface area contributed by atoms with Crippen LogP contribution in [0, 0.1) is 0 Å². The second kappa shape index (κ2) is 14.5. The maximum Gasteiger partial charge on any atom is 0.335 e. The lowest BCUT2D eigenvalue weighted by Gasteiger charge is -2.20. The van der Waals surface area contributed by atoms with Gasteiger partial charge in [-0.3, -0.25) is 0 Å². The summed E-state index contributed by atoms with van der Waals surface area (Å²) in [4.78, 5) is 20.4. The summed E-state index contributed by atoms with van der Waals surface area (Å²) in [5, 5.41) is 41.0. The van der Waals surface area contributed by atoms with E-state index in [1.54, 1.807) is 72.8 Å². The third kappa shape index (κ3) is 11.0. The largest absolute Gasteiger partial charge is 0.504 e. The summed E-state index contributed by atoms with van der Waals surface area (Å²) in [7, 11) is 0. The van der Waals surface area contributed by atoms with Gasteiger partial charge >= 0.3 is 11.9 Å². The number of carboxylic acid groups (broad SMARTS) is 2. The van der Waals surface area contributed by atoms with Crippen LogP contribution in [0.15, 0.2) is 91.0 Å². The maximum atomic E-state index is 10.2. The van der Waals surface area contributed by atoms with Crippen LogP contribution in [0.2, 0.25) is 0 Å². The Balaban J connectivity index is 0.000000304. The molecule has 0 heterocycles. The zero-order valence-corrected chi connectivity index (χ0v) is 21.7. The lowest BCUT2D eigenvalue weighted by atomic mass is 10.0. The molecule has 0 saturated carbocycles. The monoisotopic (exact) mass is 525 g/mol. The standard InChI is InChI=1S/C15H19NO2.2C7H6O2.ClH/c1-15(2,3)16-9-10-4-5-11-7-13(17)14(18)8-12(11)6-10;2*8-7(9)6-4-2-1-3-5-6;/h4-8,16-18H,9H2,1-3H3;2*1-5H,(H,8,9);1H. The number of rotatable bonds is 4. The number of fused-ring (bicyclic) bond motifs is 1. The minimum absolute atomic E-state index is 0. The van der Waals surface area contributed by atoms with E-state index in [4.69, 9.17) is 10.2 Å². The molecule has 4 aromatic rings. The molecule has 5 N–H and O–H groups in total. The third-order valence-electron chi connectivity index (χ3n) is 4.86. The van der Waals surface area contributed by atoms with Crippen LogP contribution in [0.3, 0.4) is 0 Å². The molecular formula is C29H32ClNO6. The van der Waals surface area contributed by atoms with Crippen LogP contribution >= 0.6 is 12.4 Å². The number of phenolic OH excluding ortho intramolecular Hbond substituents is 2. The van der Waals surface area contributed by atoms with Crippen molar-refractivity contribution in [3.8, 4) is 11.5 Å². The van der Waals surface area contributed by atoms with E-state index in [2.05, 4.69) is 26.1 Å². The zero-order chi connectivity index (χ0) is 26.7. The predicted octanol–water partition coefficient (Wildman–Crippen LogP) is 6.33. The number of benzene rings is 4. The second-order valence-electron chi connectivity index (χ2n) is 8.97. The molecule has 7 nitrogen and oxygen atoms in total. The summed E-state index contributed by atoms with van der Waals surface area (Å²) in [6, 6.07) is 25.8. The highest BCUT2D eigenvalue weighted by Crippen LogP contribution is 2.30. The van der Waals surface area contributed by atoms with Gasteiger partial charge < -0.3 is 25.7 Å². The number of hydrogen-bond acceptors (Lipinski definition) is 5. The van der Waals surface area contributed by atoms with E-state index in [0.717, 1.165) is 22.9 Å². The predicted molar refractivity (Wildman–Crippen MR) is 148 cm³/mol. The summed E-state index contributed by atoms with van der Waals surface area (Å²) < 4.78 is 0. The Bertz CT molecular complexity index is 1240. The molecule has 0 aliphatic carbocycles. The molecule has 0 saturated heterocycles. The molecule has 8 heteroatoms. The van der Waals surface area contributed by atoms with Gasteiger partial charge in [-0.2, -0.15) is 0 Å². The highest BCUT2D eigenvalue weighted by atomic mass is 35.5. The van der Waals surface area contributed by atoms with Gasteiger partial charge in [0.15, 0.2) is 11.5 Å². The molecule has 4 aromatic carbocycles. The molecule has 0 atom stereocenters. The molecule has 0 fully saturated rings. The summed E-state index contributed by atoms with van der Waals surface area (Å²) in [6.07, 6.45) is 0. The van der Waals surface area contributed by atoms with Crippen LogP contribution in [0.5, 0.6) is 11.5 Å². The summed E-state index contributed by atoms with van der Waals surface area (Å²) in [6.45, 7) is 7.15. The Labute approximate surface area is 222 Å². The molecule has 196 valence electrons. The first-order chi connectivity index (χ1) is 17.0. The summed E-state index contributed by atoms with van der Waals surface area (Å²) >= 11 is 0. The van der Waals surface area contributed by atoms with Crippen molar-refractivity contribution >= 4 is 35.1 Å². The minimum atomic E-state index is -0.879. The fraction of sp³-hybridized carbons (Fsp3) is 0.172. The van der Waals surface area contributed by atoms with Crippen molar-refractivity contribution in [3.63, 3.8) is 0 Å². The highest BCUT2D eigenvalue weighted by molar-refractivity contribution is 5.88. The summed E-state index contributed by atoms with van der Waals surface area (Å²) in [5.41, 5.74) is 1.89. The number of halogens is 1. The Hall–Kier alpha value is -4.07. The van der Waals surface area contributed by atoms with Gasteiger partial charge in [-0.15, -0.1) is 12.4 Å². The molecule has 0 unspecified atom stereocenters. The first-order valence-electron chi connectivity index (χ1n) is 11.2. The first kappa shape index (κ1) is 31.0. The topological polar surface area (TPSA) is 127 Å². The first-order valence-corrected chi connectivity index (χ1v) is 11.2. The molecule has 0 aromatic heterocycles. The van der Waals surface area contributed by atoms with Crippen LogP contribution in [0.25, 0.3) is 10.8 Å². The molecule has 0 amide bonds. The molecule has 37 heavy (non-hydrogen) atoms. The van der Waals surface area contributed by atoms with Crippen molar-refractivity contribution in [1.29, 1.82) is 0 Å². The van der Waals surface area contributed by atoms with E-state index in [-0.39, 0.29) is 29.4 Å². The van der Waals surface area contributed by atoms with E-state index in [9.17, 15) is 19.8 Å². The molecule has 0 aliphatic rings. The molecule has 0 aliphatic heterocycles. The number of hydrogen-bond donors (Lipinski definition) is 5. The molecule has 0 bridgehead atoms. The Morgan fingerprint density at radius 3 is 1.49 bits per heavy atom.